The van der Waals surface area contributed by atoms with Crippen LogP contribution in [-0.2, 0) is 9.53 Å². The van der Waals surface area contributed by atoms with Gasteiger partial charge in [0, 0.05) is 19.4 Å². The van der Waals surface area contributed by atoms with Crippen molar-refractivity contribution < 1.29 is 13.9 Å². The second kappa shape index (κ2) is 7.76. The van der Waals surface area contributed by atoms with Crippen LogP contribution in [0.2, 0.25) is 0 Å². The summed E-state index contributed by atoms with van der Waals surface area (Å²) >= 11 is 0. The molecule has 1 aromatic carbocycles. The SMILES string of the molecule is COCCCNCC(=O)Nc1ccc(F)cc1. The standard InChI is InChI=1S/C12H17FN2O2/c1-17-8-2-7-14-9-12(16)15-11-5-3-10(13)4-6-11/h3-6,14H,2,7-9H2,1H3,(H,15,16). The highest BCUT2D eigenvalue weighted by Crippen LogP contribution is 2.07. The van der Waals surface area contributed by atoms with Crippen molar-refractivity contribution in [3.63, 3.8) is 0 Å². The molecule has 0 aliphatic heterocycles. The maximum atomic E-state index is 12.6. The van der Waals surface area contributed by atoms with Crippen LogP contribution >= 0.6 is 0 Å². The Bertz CT molecular complexity index is 341. The number of methoxy groups -OCH3 is 1. The van der Waals surface area contributed by atoms with Gasteiger partial charge in [-0.2, -0.15) is 0 Å². The quantitative estimate of drug-likeness (QED) is 0.708. The molecule has 0 spiro atoms. The third-order valence-corrected chi connectivity index (χ3v) is 2.12. The van der Waals surface area contributed by atoms with Gasteiger partial charge in [-0.25, -0.2) is 4.39 Å². The summed E-state index contributed by atoms with van der Waals surface area (Å²) in [5.74, 6) is -0.463. The van der Waals surface area contributed by atoms with Crippen LogP contribution < -0.4 is 10.6 Å². The summed E-state index contributed by atoms with van der Waals surface area (Å²) in [7, 11) is 1.64. The minimum absolute atomic E-state index is 0.144. The number of carbonyl (C=O) groups is 1. The van der Waals surface area contributed by atoms with Gasteiger partial charge in [-0.1, -0.05) is 0 Å². The van der Waals surface area contributed by atoms with E-state index in [1.54, 1.807) is 7.11 Å². The predicted molar refractivity (Wildman–Crippen MR) is 64.4 cm³/mol. The number of hydrogen-bond donors (Lipinski definition) is 2. The Morgan fingerprint density at radius 1 is 1.35 bits per heavy atom. The van der Waals surface area contributed by atoms with Crippen LogP contribution in [-0.4, -0.2) is 32.7 Å². The summed E-state index contributed by atoms with van der Waals surface area (Å²) in [4.78, 5) is 11.4. The van der Waals surface area contributed by atoms with E-state index in [1.807, 2.05) is 0 Å². The molecule has 1 amide bonds. The minimum Gasteiger partial charge on any atom is -0.385 e. The number of carbonyl (C=O) groups excluding carboxylic acids is 1. The first-order chi connectivity index (χ1) is 8.22. The fourth-order valence-corrected chi connectivity index (χ4v) is 1.28. The molecule has 0 heterocycles. The molecule has 4 nitrogen and oxygen atoms in total. The van der Waals surface area contributed by atoms with Crippen LogP contribution in [0.25, 0.3) is 0 Å². The fraction of sp³-hybridized carbons (Fsp3) is 0.417. The molecular weight excluding hydrogens is 223 g/mol. The molecule has 5 heteroatoms. The van der Waals surface area contributed by atoms with Crippen molar-refractivity contribution in [1.29, 1.82) is 0 Å². The molecule has 2 N–H and O–H groups in total. The summed E-state index contributed by atoms with van der Waals surface area (Å²) in [5.41, 5.74) is 0.593. The molecule has 0 aliphatic carbocycles. The van der Waals surface area contributed by atoms with E-state index >= 15 is 0 Å². The van der Waals surface area contributed by atoms with Gasteiger partial charge in [0.25, 0.3) is 0 Å². The van der Waals surface area contributed by atoms with Crippen LogP contribution in [0, 0.1) is 5.82 Å². The monoisotopic (exact) mass is 240 g/mol. The number of amides is 1. The third kappa shape index (κ3) is 5.99. The zero-order valence-corrected chi connectivity index (χ0v) is 9.83. The van der Waals surface area contributed by atoms with Gasteiger partial charge >= 0.3 is 0 Å². The van der Waals surface area contributed by atoms with E-state index in [2.05, 4.69) is 10.6 Å². The van der Waals surface area contributed by atoms with Gasteiger partial charge < -0.3 is 15.4 Å². The summed E-state index contributed by atoms with van der Waals surface area (Å²) in [6, 6.07) is 5.67. The van der Waals surface area contributed by atoms with Crippen molar-refractivity contribution in [2.24, 2.45) is 0 Å². The Kier molecular flexibility index (Phi) is 6.21. The van der Waals surface area contributed by atoms with Gasteiger partial charge in [-0.3, -0.25) is 4.79 Å². The Morgan fingerprint density at radius 2 is 2.06 bits per heavy atom. The highest BCUT2D eigenvalue weighted by molar-refractivity contribution is 5.92. The molecule has 0 fully saturated rings. The fourth-order valence-electron chi connectivity index (χ4n) is 1.28. The Labute approximate surface area is 100 Å². The number of nitrogens with one attached hydrogen (secondary N) is 2. The second-order valence-corrected chi connectivity index (χ2v) is 3.58. The second-order valence-electron chi connectivity index (χ2n) is 3.58. The Balaban J connectivity index is 2.18. The lowest BCUT2D eigenvalue weighted by atomic mass is 10.3. The molecule has 1 rings (SSSR count). The van der Waals surface area contributed by atoms with Crippen LogP contribution in [0.3, 0.4) is 0 Å². The Hall–Kier alpha value is -1.46. The molecule has 0 atom stereocenters. The molecule has 0 aromatic heterocycles. The molecule has 0 unspecified atom stereocenters. The summed E-state index contributed by atoms with van der Waals surface area (Å²) in [6.07, 6.45) is 0.861. The van der Waals surface area contributed by atoms with Gasteiger partial charge in [0.2, 0.25) is 5.91 Å². The molecule has 0 radical (unpaired) electrons. The molecule has 0 bridgehead atoms. The topological polar surface area (TPSA) is 50.4 Å². The third-order valence-electron chi connectivity index (χ3n) is 2.12. The van der Waals surface area contributed by atoms with Crippen molar-refractivity contribution in [2.75, 3.05) is 32.1 Å². The smallest absolute Gasteiger partial charge is 0.238 e. The molecule has 0 saturated heterocycles. The van der Waals surface area contributed by atoms with Crippen molar-refractivity contribution in [1.82, 2.24) is 5.32 Å². The first kappa shape index (κ1) is 13.6. The zero-order valence-electron chi connectivity index (χ0n) is 9.83. The van der Waals surface area contributed by atoms with Crippen LogP contribution in [0.15, 0.2) is 24.3 Å². The Morgan fingerprint density at radius 3 is 2.71 bits per heavy atom. The average molecular weight is 240 g/mol. The molecule has 0 aliphatic rings. The summed E-state index contributed by atoms with van der Waals surface area (Å²) in [5, 5.41) is 5.65. The first-order valence-corrected chi connectivity index (χ1v) is 5.47. The highest BCUT2D eigenvalue weighted by Gasteiger charge is 2.01. The number of benzene rings is 1. The number of rotatable bonds is 7. The lowest BCUT2D eigenvalue weighted by Gasteiger charge is -2.06. The lowest BCUT2D eigenvalue weighted by Crippen LogP contribution is -2.29. The van der Waals surface area contributed by atoms with Crippen molar-refractivity contribution in [3.05, 3.63) is 30.1 Å². The number of ether oxygens (including phenoxy) is 1. The molecule has 0 saturated carbocycles. The van der Waals surface area contributed by atoms with E-state index in [9.17, 15) is 9.18 Å². The van der Waals surface area contributed by atoms with Gasteiger partial charge in [-0.15, -0.1) is 0 Å². The largest absolute Gasteiger partial charge is 0.385 e. The first-order valence-electron chi connectivity index (χ1n) is 5.47. The molecular formula is C12H17FN2O2. The number of hydrogen-bond acceptors (Lipinski definition) is 3. The van der Waals surface area contributed by atoms with Gasteiger partial charge in [0.1, 0.15) is 5.82 Å². The zero-order chi connectivity index (χ0) is 12.5. The van der Waals surface area contributed by atoms with Crippen LogP contribution in [0.1, 0.15) is 6.42 Å². The number of anilines is 1. The molecule has 94 valence electrons. The maximum Gasteiger partial charge on any atom is 0.238 e. The highest BCUT2D eigenvalue weighted by atomic mass is 19.1. The van der Waals surface area contributed by atoms with Gasteiger partial charge in [-0.05, 0) is 37.2 Å². The van der Waals surface area contributed by atoms with E-state index in [0.717, 1.165) is 13.0 Å². The van der Waals surface area contributed by atoms with Gasteiger partial charge in [0.05, 0.1) is 6.54 Å². The molecule has 17 heavy (non-hydrogen) atoms. The normalized spacial score (nSPS) is 10.2. The maximum absolute atomic E-state index is 12.6. The number of halogens is 1. The summed E-state index contributed by atoms with van der Waals surface area (Å²) < 4.78 is 17.5. The van der Waals surface area contributed by atoms with Crippen molar-refractivity contribution in [3.8, 4) is 0 Å². The van der Waals surface area contributed by atoms with E-state index in [4.69, 9.17) is 4.74 Å². The van der Waals surface area contributed by atoms with E-state index in [0.29, 0.717) is 12.3 Å². The van der Waals surface area contributed by atoms with Crippen LogP contribution in [0.4, 0.5) is 10.1 Å². The van der Waals surface area contributed by atoms with Crippen LogP contribution in [0.5, 0.6) is 0 Å². The van der Waals surface area contributed by atoms with E-state index < -0.39 is 0 Å². The van der Waals surface area contributed by atoms with E-state index in [1.165, 1.54) is 24.3 Å². The molecule has 1 aromatic rings. The predicted octanol–water partition coefficient (Wildman–Crippen LogP) is 1.39. The summed E-state index contributed by atoms with van der Waals surface area (Å²) in [6.45, 7) is 1.64. The van der Waals surface area contributed by atoms with Crippen molar-refractivity contribution in [2.45, 2.75) is 6.42 Å². The minimum atomic E-state index is -0.319. The lowest BCUT2D eigenvalue weighted by molar-refractivity contribution is -0.115. The van der Waals surface area contributed by atoms with Crippen molar-refractivity contribution >= 4 is 11.6 Å². The average Bonchev–Trinajstić information content (AvgIpc) is 2.32. The van der Waals surface area contributed by atoms with E-state index in [-0.39, 0.29) is 18.3 Å². The van der Waals surface area contributed by atoms with Gasteiger partial charge in [0.15, 0.2) is 0 Å².